The molecule has 0 saturated carbocycles. The van der Waals surface area contributed by atoms with Crippen molar-refractivity contribution < 1.29 is 28.9 Å². The molecule has 0 fully saturated rings. The highest BCUT2D eigenvalue weighted by Gasteiger charge is 2.17. The van der Waals surface area contributed by atoms with E-state index >= 15 is 0 Å². The number of nitrogens with one attached hydrogen (secondary N) is 1. The Balaban J connectivity index is 2.25. The van der Waals surface area contributed by atoms with Gasteiger partial charge in [0.2, 0.25) is 0 Å². The summed E-state index contributed by atoms with van der Waals surface area (Å²) in [6.07, 6.45) is 0. The number of quaternary nitrogens is 1. The summed E-state index contributed by atoms with van der Waals surface area (Å²) < 4.78 is 22.4. The Morgan fingerprint density at radius 2 is 1.92 bits per heavy atom. The van der Waals surface area contributed by atoms with E-state index in [4.69, 9.17) is 9.47 Å². The first-order valence-corrected chi connectivity index (χ1v) is 8.84. The molecule has 2 atom stereocenters. The lowest BCUT2D eigenvalue weighted by Crippen LogP contribution is -2.99. The Bertz CT molecular complexity index is 760. The van der Waals surface area contributed by atoms with Gasteiger partial charge in [-0.2, -0.15) is 5.23 Å². The van der Waals surface area contributed by atoms with Crippen LogP contribution in [0.3, 0.4) is 0 Å². The van der Waals surface area contributed by atoms with E-state index in [0.29, 0.717) is 16.2 Å². The fourth-order valence-corrected chi connectivity index (χ4v) is 3.34. The summed E-state index contributed by atoms with van der Waals surface area (Å²) in [7, 11) is 0.111. The van der Waals surface area contributed by atoms with Gasteiger partial charge in [-0.3, -0.25) is 4.21 Å². The first-order valence-electron chi connectivity index (χ1n) is 7.52. The van der Waals surface area contributed by atoms with Crippen LogP contribution in [0, 0.1) is 5.21 Å². The molecule has 134 valence electrons. The topological polar surface area (TPSA) is 100 Å². The molecule has 0 spiro atoms. The molecule has 2 rings (SSSR count). The molecular formula is C17H19NO6S. The van der Waals surface area contributed by atoms with E-state index in [2.05, 4.69) is 0 Å². The molecule has 2 N–H and O–H groups in total. The van der Waals surface area contributed by atoms with Crippen LogP contribution in [0.2, 0.25) is 0 Å². The first-order chi connectivity index (χ1) is 12.0. The fraction of sp³-hybridized carbons (Fsp3) is 0.235. The molecule has 0 radical (unpaired) electrons. The van der Waals surface area contributed by atoms with E-state index in [-0.39, 0.29) is 23.6 Å². The minimum absolute atomic E-state index is 0.0249. The molecule has 2 aromatic carbocycles. The summed E-state index contributed by atoms with van der Waals surface area (Å²) in [5.41, 5.74) is 0.473. The molecule has 0 aromatic heterocycles. The normalized spacial score (nSPS) is 13.1. The zero-order valence-corrected chi connectivity index (χ0v) is 14.7. The lowest BCUT2D eigenvalue weighted by molar-refractivity contribution is -0.991. The third-order valence-corrected chi connectivity index (χ3v) is 4.83. The average Bonchev–Trinajstić information content (AvgIpc) is 2.62. The van der Waals surface area contributed by atoms with E-state index < -0.39 is 22.0 Å². The molecular weight excluding hydrogens is 346 g/mol. The third-order valence-electron chi connectivity index (χ3n) is 3.46. The minimum atomic E-state index is -1.43. The number of benzene rings is 2. The number of esters is 1. The summed E-state index contributed by atoms with van der Waals surface area (Å²) in [5, 5.41) is 19.7. The number of rotatable bonds is 7. The Labute approximate surface area is 147 Å². The van der Waals surface area contributed by atoms with Crippen LogP contribution in [0.4, 0.5) is 5.69 Å². The third kappa shape index (κ3) is 4.86. The van der Waals surface area contributed by atoms with Gasteiger partial charge in [0.15, 0.2) is 5.69 Å². The van der Waals surface area contributed by atoms with Crippen molar-refractivity contribution in [3.8, 4) is 5.75 Å². The summed E-state index contributed by atoms with van der Waals surface area (Å²) in [5.74, 6) is 0.0791. The number of ether oxygens (including phenoxy) is 2. The van der Waals surface area contributed by atoms with Crippen molar-refractivity contribution in [1.29, 1.82) is 0 Å². The Morgan fingerprint density at radius 1 is 1.24 bits per heavy atom. The van der Waals surface area contributed by atoms with E-state index in [1.54, 1.807) is 31.2 Å². The van der Waals surface area contributed by atoms with Gasteiger partial charge in [-0.15, -0.1) is 0 Å². The van der Waals surface area contributed by atoms with E-state index in [9.17, 15) is 19.4 Å². The quantitative estimate of drug-likeness (QED) is 0.571. The van der Waals surface area contributed by atoms with Crippen LogP contribution in [-0.4, -0.2) is 29.1 Å². The van der Waals surface area contributed by atoms with Crippen molar-refractivity contribution >= 4 is 22.5 Å². The maximum absolute atomic E-state index is 12.5. The van der Waals surface area contributed by atoms with Crippen molar-refractivity contribution in [2.45, 2.75) is 17.6 Å². The molecule has 0 saturated heterocycles. The van der Waals surface area contributed by atoms with Crippen LogP contribution < -0.4 is 9.96 Å². The highest BCUT2D eigenvalue weighted by atomic mass is 32.2. The zero-order chi connectivity index (χ0) is 18.4. The Kier molecular flexibility index (Phi) is 6.65. The van der Waals surface area contributed by atoms with Crippen molar-refractivity contribution in [3.05, 3.63) is 58.8 Å². The summed E-state index contributed by atoms with van der Waals surface area (Å²) in [4.78, 5) is 12.3. The van der Waals surface area contributed by atoms with Crippen LogP contribution >= 0.6 is 0 Å². The van der Waals surface area contributed by atoms with Crippen molar-refractivity contribution in [2.24, 2.45) is 0 Å². The standard InChI is InChI=1S/C17H19NO6S/c1-3-24-17(19)12-4-5-13(16(10-12)18(20)21)11-25(22)15-8-6-14(23-2)7-9-15/h4-10,18,20H,3,11H2,1-2H3. The monoisotopic (exact) mass is 365 g/mol. The highest BCUT2D eigenvalue weighted by Crippen LogP contribution is 2.21. The van der Waals surface area contributed by atoms with Crippen molar-refractivity contribution in [3.63, 3.8) is 0 Å². The maximum Gasteiger partial charge on any atom is 0.338 e. The molecule has 0 aliphatic rings. The minimum Gasteiger partial charge on any atom is -0.595 e. The lowest BCUT2D eigenvalue weighted by Gasteiger charge is -2.16. The first kappa shape index (κ1) is 19.1. The molecule has 8 heteroatoms. The van der Waals surface area contributed by atoms with Crippen molar-refractivity contribution in [2.75, 3.05) is 13.7 Å². The van der Waals surface area contributed by atoms with Gasteiger partial charge in [-0.1, -0.05) is 6.07 Å². The molecule has 7 nitrogen and oxygen atoms in total. The fourth-order valence-electron chi connectivity index (χ4n) is 2.19. The molecule has 0 aliphatic heterocycles. The van der Waals surface area contributed by atoms with Crippen LogP contribution in [0.1, 0.15) is 22.8 Å². The maximum atomic E-state index is 12.5. The molecule has 25 heavy (non-hydrogen) atoms. The largest absolute Gasteiger partial charge is 0.595 e. The second kappa shape index (κ2) is 8.72. The van der Waals surface area contributed by atoms with Crippen LogP contribution in [-0.2, 0) is 21.3 Å². The van der Waals surface area contributed by atoms with Gasteiger partial charge in [-0.25, -0.2) is 10.0 Å². The Hall–Kier alpha value is -2.26. The van der Waals surface area contributed by atoms with Gasteiger partial charge >= 0.3 is 5.97 Å². The molecule has 0 bridgehead atoms. The number of carbonyl (C=O) groups is 1. The molecule has 0 amide bonds. The van der Waals surface area contributed by atoms with Crippen LogP contribution in [0.5, 0.6) is 5.75 Å². The average molecular weight is 365 g/mol. The van der Waals surface area contributed by atoms with E-state index in [0.717, 1.165) is 0 Å². The van der Waals surface area contributed by atoms with Gasteiger partial charge < -0.3 is 14.7 Å². The number of hydrogen-bond donors (Lipinski definition) is 2. The van der Waals surface area contributed by atoms with Gasteiger partial charge in [0.05, 0.1) is 35.8 Å². The summed E-state index contributed by atoms with van der Waals surface area (Å²) >= 11 is 0. The second-order valence-electron chi connectivity index (χ2n) is 5.06. The van der Waals surface area contributed by atoms with Crippen molar-refractivity contribution in [1.82, 2.24) is 0 Å². The molecule has 2 unspecified atom stereocenters. The molecule has 0 aliphatic carbocycles. The Morgan fingerprint density at radius 3 is 2.48 bits per heavy atom. The summed E-state index contributed by atoms with van der Waals surface area (Å²) in [6, 6.07) is 10.9. The van der Waals surface area contributed by atoms with E-state index in [1.807, 2.05) is 0 Å². The molecule has 2 aromatic rings. The van der Waals surface area contributed by atoms with Gasteiger partial charge in [0, 0.05) is 16.5 Å². The lowest BCUT2D eigenvalue weighted by atomic mass is 10.1. The van der Waals surface area contributed by atoms with Gasteiger partial charge in [0.1, 0.15) is 5.75 Å². The predicted molar refractivity (Wildman–Crippen MR) is 91.3 cm³/mol. The van der Waals surface area contributed by atoms with Crippen LogP contribution in [0.25, 0.3) is 0 Å². The highest BCUT2D eigenvalue weighted by molar-refractivity contribution is 7.84. The number of carbonyl (C=O) groups excluding carboxylic acids is 1. The predicted octanol–water partition coefficient (Wildman–Crippen LogP) is 1.58. The van der Waals surface area contributed by atoms with E-state index in [1.165, 1.54) is 25.3 Å². The van der Waals surface area contributed by atoms with Gasteiger partial charge in [0.25, 0.3) is 0 Å². The van der Waals surface area contributed by atoms with Crippen LogP contribution in [0.15, 0.2) is 47.4 Å². The summed E-state index contributed by atoms with van der Waals surface area (Å²) in [6.45, 7) is 1.87. The number of methoxy groups -OCH3 is 1. The van der Waals surface area contributed by atoms with Gasteiger partial charge in [-0.05, 0) is 37.3 Å². The SMILES string of the molecule is CCOC(=O)c1ccc(CS(=O)c2ccc(OC)cc2)c([NH+]([O-])O)c1. The smallest absolute Gasteiger partial charge is 0.338 e. The zero-order valence-electron chi connectivity index (χ0n) is 13.9. The second-order valence-corrected chi connectivity index (χ2v) is 6.51. The molecule has 0 heterocycles. The number of hydrogen-bond acceptors (Lipinski definition) is 6.